The number of methoxy groups -OCH3 is 1. The molecule has 7 nitrogen and oxygen atoms in total. The zero-order valence-electron chi connectivity index (χ0n) is 13.0. The summed E-state index contributed by atoms with van der Waals surface area (Å²) in [6, 6.07) is 0.848. The van der Waals surface area contributed by atoms with E-state index >= 15 is 0 Å². The van der Waals surface area contributed by atoms with Crippen molar-refractivity contribution < 1.29 is 19.4 Å². The number of nitrogens with zero attached hydrogens (tertiary/aromatic N) is 3. The first kappa shape index (κ1) is 16.1. The molecule has 0 fully saturated rings. The molecule has 2 heterocycles. The van der Waals surface area contributed by atoms with Crippen molar-refractivity contribution in [1.29, 1.82) is 0 Å². The van der Waals surface area contributed by atoms with Gasteiger partial charge in [-0.25, -0.2) is 4.79 Å². The normalized spacial score (nSPS) is 18.0. The minimum absolute atomic E-state index is 0.0147. The predicted octanol–water partition coefficient (Wildman–Crippen LogP) is 1.31. The molecule has 118 valence electrons. The molecule has 0 spiro atoms. The Balaban J connectivity index is 2.53. The van der Waals surface area contributed by atoms with Crippen molar-refractivity contribution in [3.8, 4) is 0 Å². The van der Waals surface area contributed by atoms with Gasteiger partial charge < -0.3 is 9.84 Å². The van der Waals surface area contributed by atoms with Crippen LogP contribution >= 0.6 is 0 Å². The molecular formula is C15H19N3O4. The highest BCUT2D eigenvalue weighted by Gasteiger charge is 2.36. The zero-order chi connectivity index (χ0) is 16.4. The summed E-state index contributed by atoms with van der Waals surface area (Å²) in [5, 5.41) is 9.44. The molecule has 22 heavy (non-hydrogen) atoms. The van der Waals surface area contributed by atoms with Crippen LogP contribution < -0.4 is 0 Å². The number of carbonyl (C=O) groups is 2. The van der Waals surface area contributed by atoms with Gasteiger partial charge >= 0.3 is 5.97 Å². The molecule has 0 saturated heterocycles. The quantitative estimate of drug-likeness (QED) is 0.885. The fraction of sp³-hybridized carbons (Fsp3) is 0.467. The Morgan fingerprint density at radius 1 is 1.50 bits per heavy atom. The van der Waals surface area contributed by atoms with E-state index in [0.29, 0.717) is 11.4 Å². The largest absolute Gasteiger partial charge is 0.478 e. The van der Waals surface area contributed by atoms with Crippen LogP contribution in [0.3, 0.4) is 0 Å². The van der Waals surface area contributed by atoms with Gasteiger partial charge in [0, 0.05) is 19.3 Å². The molecule has 1 aliphatic rings. The van der Waals surface area contributed by atoms with Crippen LogP contribution in [0.2, 0.25) is 0 Å². The highest BCUT2D eigenvalue weighted by molar-refractivity contribution is 6.16. The Labute approximate surface area is 128 Å². The molecule has 0 radical (unpaired) electrons. The first-order valence-electron chi connectivity index (χ1n) is 6.99. The van der Waals surface area contributed by atoms with Gasteiger partial charge in [-0.15, -0.1) is 0 Å². The Bertz CT molecular complexity index is 640. The van der Waals surface area contributed by atoms with E-state index in [1.54, 1.807) is 13.1 Å². The summed E-state index contributed by atoms with van der Waals surface area (Å²) in [7, 11) is 1.52. The lowest BCUT2D eigenvalue weighted by atomic mass is 10.1. The van der Waals surface area contributed by atoms with Crippen LogP contribution in [0.5, 0.6) is 0 Å². The van der Waals surface area contributed by atoms with Crippen LogP contribution in [-0.2, 0) is 16.1 Å². The second-order valence-corrected chi connectivity index (χ2v) is 5.41. The number of amides is 1. The topological polar surface area (TPSA) is 92.1 Å². The summed E-state index contributed by atoms with van der Waals surface area (Å²) in [6.07, 6.45) is 1.54. The van der Waals surface area contributed by atoms with Crippen molar-refractivity contribution in [3.63, 3.8) is 0 Å². The molecule has 1 aromatic heterocycles. The van der Waals surface area contributed by atoms with Gasteiger partial charge in [-0.1, -0.05) is 0 Å². The lowest BCUT2D eigenvalue weighted by Crippen LogP contribution is -2.41. The minimum atomic E-state index is -1.11. The Kier molecular flexibility index (Phi) is 4.56. The Morgan fingerprint density at radius 2 is 2.18 bits per heavy atom. The molecule has 1 N–H and O–H groups in total. The number of hydrogen-bond donors (Lipinski definition) is 1. The second kappa shape index (κ2) is 6.23. The van der Waals surface area contributed by atoms with E-state index in [1.165, 1.54) is 18.1 Å². The van der Waals surface area contributed by atoms with Crippen LogP contribution in [0.25, 0.3) is 0 Å². The van der Waals surface area contributed by atoms with E-state index in [4.69, 9.17) is 4.74 Å². The molecule has 1 aliphatic heterocycles. The van der Waals surface area contributed by atoms with Gasteiger partial charge in [-0.2, -0.15) is 0 Å². The lowest BCUT2D eigenvalue weighted by molar-refractivity contribution is -0.128. The molecule has 7 heteroatoms. The molecule has 0 bridgehead atoms. The van der Waals surface area contributed by atoms with Crippen LogP contribution in [0.15, 0.2) is 17.3 Å². The molecule has 1 atom stereocenters. The van der Waals surface area contributed by atoms with Gasteiger partial charge in [-0.3, -0.25) is 19.7 Å². The van der Waals surface area contributed by atoms with E-state index in [-0.39, 0.29) is 29.8 Å². The molecule has 0 saturated carbocycles. The molecule has 0 aliphatic carbocycles. The van der Waals surface area contributed by atoms with Crippen molar-refractivity contribution >= 4 is 17.7 Å². The van der Waals surface area contributed by atoms with Gasteiger partial charge in [-0.05, 0) is 32.4 Å². The summed E-state index contributed by atoms with van der Waals surface area (Å²) in [4.78, 5) is 33.7. The number of rotatable bonds is 5. The lowest BCUT2D eigenvalue weighted by Gasteiger charge is -2.23. The molecule has 1 amide bonds. The summed E-state index contributed by atoms with van der Waals surface area (Å²) in [5.74, 6) is -0.947. The summed E-state index contributed by atoms with van der Waals surface area (Å²) < 4.78 is 4.99. The predicted molar refractivity (Wildman–Crippen MR) is 79.9 cm³/mol. The first-order valence-corrected chi connectivity index (χ1v) is 6.99. The molecule has 1 unspecified atom stereocenters. The highest BCUT2D eigenvalue weighted by Crippen LogP contribution is 2.21. The molecular weight excluding hydrogens is 286 g/mol. The second-order valence-electron chi connectivity index (χ2n) is 5.41. The number of aliphatic imine (C=N–C) groups is 1. The van der Waals surface area contributed by atoms with Gasteiger partial charge in [0.15, 0.2) is 5.84 Å². The van der Waals surface area contributed by atoms with Crippen LogP contribution in [0.4, 0.5) is 0 Å². The van der Waals surface area contributed by atoms with Crippen molar-refractivity contribution in [2.45, 2.75) is 39.5 Å². The number of amidine groups is 1. The number of aromatic nitrogens is 1. The smallest absolute Gasteiger partial charge is 0.338 e. The van der Waals surface area contributed by atoms with Crippen molar-refractivity contribution in [1.82, 2.24) is 9.88 Å². The van der Waals surface area contributed by atoms with Gasteiger partial charge in [0.05, 0.1) is 12.2 Å². The number of ether oxygens (including phenoxy) is 1. The highest BCUT2D eigenvalue weighted by atomic mass is 16.5. The van der Waals surface area contributed by atoms with Crippen LogP contribution in [0.1, 0.15) is 42.4 Å². The van der Waals surface area contributed by atoms with Gasteiger partial charge in [0.2, 0.25) is 0 Å². The number of aromatic carboxylic acids is 1. The monoisotopic (exact) mass is 305 g/mol. The van der Waals surface area contributed by atoms with Crippen LogP contribution in [0, 0.1) is 0 Å². The van der Waals surface area contributed by atoms with E-state index in [1.807, 2.05) is 13.8 Å². The zero-order valence-corrected chi connectivity index (χ0v) is 13.0. The number of carbonyl (C=O) groups excluding carboxylic acids is 1. The standard InChI is InChI=1S/C15H19N3O4/c1-8(2)18-13(17-9(3)14(18)19)12-11(15(20)21)5-10(6-16-12)7-22-4/h5-6,8-9H,7H2,1-4H3,(H,20,21). The SMILES string of the molecule is COCc1cnc(C2=NC(C)C(=O)N2C(C)C)c(C(=O)O)c1. The average Bonchev–Trinajstić information content (AvgIpc) is 2.75. The Morgan fingerprint density at radius 3 is 2.73 bits per heavy atom. The third-order valence-corrected chi connectivity index (χ3v) is 3.35. The molecule has 1 aromatic rings. The number of carboxylic acids is 1. The third-order valence-electron chi connectivity index (χ3n) is 3.35. The van der Waals surface area contributed by atoms with Crippen molar-refractivity contribution in [2.24, 2.45) is 4.99 Å². The average molecular weight is 305 g/mol. The maximum Gasteiger partial charge on any atom is 0.338 e. The Hall–Kier alpha value is -2.28. The number of pyridine rings is 1. The maximum absolute atomic E-state index is 12.2. The van der Waals surface area contributed by atoms with E-state index in [2.05, 4.69) is 9.98 Å². The first-order chi connectivity index (χ1) is 10.4. The molecule has 0 aromatic carbocycles. The van der Waals surface area contributed by atoms with Gasteiger partial charge in [0.1, 0.15) is 11.7 Å². The van der Waals surface area contributed by atoms with Crippen LogP contribution in [-0.4, -0.2) is 51.9 Å². The molecule has 2 rings (SSSR count). The summed E-state index contributed by atoms with van der Waals surface area (Å²) >= 11 is 0. The summed E-state index contributed by atoms with van der Waals surface area (Å²) in [6.45, 7) is 5.66. The third kappa shape index (κ3) is 2.85. The van der Waals surface area contributed by atoms with Crippen molar-refractivity contribution in [3.05, 3.63) is 29.1 Å². The number of carboxylic acid groups (broad SMARTS) is 1. The minimum Gasteiger partial charge on any atom is -0.478 e. The van der Waals surface area contributed by atoms with E-state index < -0.39 is 12.0 Å². The van der Waals surface area contributed by atoms with E-state index in [9.17, 15) is 14.7 Å². The summed E-state index contributed by atoms with van der Waals surface area (Å²) in [5.41, 5.74) is 0.873. The number of hydrogen-bond acceptors (Lipinski definition) is 5. The maximum atomic E-state index is 12.2. The fourth-order valence-corrected chi connectivity index (χ4v) is 2.38. The fourth-order valence-electron chi connectivity index (χ4n) is 2.38. The van der Waals surface area contributed by atoms with E-state index in [0.717, 1.165) is 0 Å². The van der Waals surface area contributed by atoms with Crippen molar-refractivity contribution in [2.75, 3.05) is 7.11 Å². The van der Waals surface area contributed by atoms with Gasteiger partial charge in [0.25, 0.3) is 5.91 Å².